The van der Waals surface area contributed by atoms with E-state index in [0.29, 0.717) is 33.0 Å². The van der Waals surface area contributed by atoms with Gasteiger partial charge in [0, 0.05) is 41.5 Å². The molecule has 2 N–H and O–H groups in total. The van der Waals surface area contributed by atoms with Crippen molar-refractivity contribution in [3.63, 3.8) is 0 Å². The third kappa shape index (κ3) is 7.05. The number of hydrogen-bond acceptors (Lipinski definition) is 4. The van der Waals surface area contributed by atoms with Gasteiger partial charge in [-0.1, -0.05) is 35.9 Å². The topological polar surface area (TPSA) is 118 Å². The quantitative estimate of drug-likeness (QED) is 0.389. The van der Waals surface area contributed by atoms with Crippen LogP contribution >= 0.6 is 19.2 Å². The molecule has 0 radical (unpaired) electrons. The molecule has 214 valence electrons. The van der Waals surface area contributed by atoms with E-state index in [4.69, 9.17) is 11.6 Å². The Morgan fingerprint density at radius 1 is 0.805 bits per heavy atom. The maximum Gasteiger partial charge on any atom is 0.325 e. The van der Waals surface area contributed by atoms with Crippen LogP contribution in [0.3, 0.4) is 0 Å². The number of aryl methyl sites for hydroxylation is 1. The molecule has 2 heterocycles. The van der Waals surface area contributed by atoms with E-state index in [1.54, 1.807) is 59.5 Å². The van der Waals surface area contributed by atoms with Crippen molar-refractivity contribution in [3.05, 3.63) is 99.6 Å². The van der Waals surface area contributed by atoms with Crippen LogP contribution in [0.15, 0.2) is 66.7 Å². The fraction of sp³-hybridized carbons (Fsp3) is 0.300. The van der Waals surface area contributed by atoms with E-state index >= 15 is 0 Å². The lowest BCUT2D eigenvalue weighted by Gasteiger charge is -2.24. The van der Waals surface area contributed by atoms with Gasteiger partial charge >= 0.3 is 7.60 Å². The second-order valence-corrected chi connectivity index (χ2v) is 12.7. The van der Waals surface area contributed by atoms with Crippen LogP contribution in [0.5, 0.6) is 0 Å². The second kappa shape index (κ2) is 12.2. The number of rotatable bonds is 7. The van der Waals surface area contributed by atoms with Crippen molar-refractivity contribution in [2.45, 2.75) is 32.4 Å². The van der Waals surface area contributed by atoms with Gasteiger partial charge in [-0.3, -0.25) is 18.9 Å². The van der Waals surface area contributed by atoms with Gasteiger partial charge in [-0.15, -0.1) is 0 Å². The van der Waals surface area contributed by atoms with E-state index < -0.39 is 7.60 Å². The molecule has 2 aliphatic rings. The second-order valence-electron chi connectivity index (χ2n) is 10.4. The minimum absolute atomic E-state index is 0.00410. The van der Waals surface area contributed by atoms with Gasteiger partial charge in [0.1, 0.15) is 6.54 Å². The number of amides is 3. The molecule has 9 nitrogen and oxygen atoms in total. The Morgan fingerprint density at radius 3 is 2.02 bits per heavy atom. The van der Waals surface area contributed by atoms with Crippen molar-refractivity contribution in [2.24, 2.45) is 0 Å². The molecule has 0 bridgehead atoms. The Morgan fingerprint density at radius 2 is 1.39 bits per heavy atom. The van der Waals surface area contributed by atoms with Crippen molar-refractivity contribution in [1.82, 2.24) is 9.80 Å². The van der Waals surface area contributed by atoms with Gasteiger partial charge in [-0.05, 0) is 78.4 Å². The maximum absolute atomic E-state index is 13.6. The van der Waals surface area contributed by atoms with Gasteiger partial charge in [0.15, 0.2) is 0 Å². The summed E-state index contributed by atoms with van der Waals surface area (Å²) < 4.78 is 11.5. The number of likely N-dealkylation sites (tertiary alicyclic amines) is 1. The number of nitrogens with zero attached hydrogens (tertiary/aromatic N) is 3. The first-order valence-electron chi connectivity index (χ1n) is 13.5. The minimum atomic E-state index is -4.19. The fourth-order valence-corrected chi connectivity index (χ4v) is 5.91. The zero-order valence-corrected chi connectivity index (χ0v) is 24.1. The standard InChI is InChI=1S/C30H31ClN3O6P/c31-26-10-8-24(9-11-26)30(37)33-19-25-17-21(13-16-41(38,39)40)5-12-27(25)34(28(35)20-33)18-22-3-6-23(7-4-22)29(36)32-14-1-2-15-32/h3-12,17H,1-2,13-16,18-20H2,(H2,38,39,40). The normalized spacial score (nSPS) is 15.6. The molecule has 0 saturated carbocycles. The molecule has 0 unspecified atom stereocenters. The lowest BCUT2D eigenvalue weighted by Crippen LogP contribution is -2.39. The summed E-state index contributed by atoms with van der Waals surface area (Å²) in [7, 11) is -4.19. The molecule has 1 fully saturated rings. The average molecular weight is 596 g/mol. The first kappa shape index (κ1) is 29.0. The number of fused-ring (bicyclic) bond motifs is 1. The van der Waals surface area contributed by atoms with Crippen LogP contribution in [0.1, 0.15) is 50.2 Å². The van der Waals surface area contributed by atoms with Crippen LogP contribution in [0.2, 0.25) is 5.02 Å². The molecule has 5 rings (SSSR count). The lowest BCUT2D eigenvalue weighted by molar-refractivity contribution is -0.119. The highest BCUT2D eigenvalue weighted by molar-refractivity contribution is 7.51. The average Bonchev–Trinajstić information content (AvgIpc) is 3.45. The van der Waals surface area contributed by atoms with Gasteiger partial charge in [0.2, 0.25) is 5.91 Å². The van der Waals surface area contributed by atoms with Crippen LogP contribution in [-0.2, 0) is 28.9 Å². The van der Waals surface area contributed by atoms with E-state index in [-0.39, 0.29) is 49.9 Å². The van der Waals surface area contributed by atoms with E-state index in [1.807, 2.05) is 17.0 Å². The summed E-state index contributed by atoms with van der Waals surface area (Å²) in [4.78, 5) is 63.4. The predicted octanol–water partition coefficient (Wildman–Crippen LogP) is 4.49. The molecule has 2 aliphatic heterocycles. The number of hydrogen-bond donors (Lipinski definition) is 2. The smallest absolute Gasteiger partial charge is 0.325 e. The third-order valence-corrected chi connectivity index (χ3v) is 8.49. The zero-order chi connectivity index (χ0) is 29.1. The van der Waals surface area contributed by atoms with E-state index in [9.17, 15) is 28.7 Å². The number of anilines is 1. The van der Waals surface area contributed by atoms with Crippen LogP contribution in [-0.4, -0.2) is 63.1 Å². The largest absolute Gasteiger partial charge is 0.339 e. The molecule has 3 aromatic rings. The SMILES string of the molecule is O=C(c1ccc(CN2C(=O)CN(C(=O)c3ccc(Cl)cc3)Cc3cc(CCP(=O)(O)O)ccc32)cc1)N1CCCC1. The van der Waals surface area contributed by atoms with Crippen molar-refractivity contribution < 1.29 is 28.7 Å². The van der Waals surface area contributed by atoms with E-state index in [1.165, 1.54) is 4.90 Å². The molecule has 3 amide bonds. The van der Waals surface area contributed by atoms with Crippen molar-refractivity contribution in [1.29, 1.82) is 0 Å². The molecule has 0 aromatic heterocycles. The highest BCUT2D eigenvalue weighted by Gasteiger charge is 2.30. The van der Waals surface area contributed by atoms with E-state index in [2.05, 4.69) is 0 Å². The van der Waals surface area contributed by atoms with E-state index in [0.717, 1.165) is 31.5 Å². The summed E-state index contributed by atoms with van der Waals surface area (Å²) >= 11 is 5.99. The van der Waals surface area contributed by atoms with Crippen LogP contribution < -0.4 is 4.90 Å². The molecule has 0 spiro atoms. The molecule has 1 saturated heterocycles. The highest BCUT2D eigenvalue weighted by Crippen LogP contribution is 2.36. The first-order chi connectivity index (χ1) is 19.6. The maximum atomic E-state index is 13.6. The molecular formula is C30H31ClN3O6P. The number of benzene rings is 3. The summed E-state index contributed by atoms with van der Waals surface area (Å²) in [5.74, 6) is -0.594. The Labute approximate surface area is 243 Å². The van der Waals surface area contributed by atoms with Crippen LogP contribution in [0, 0.1) is 0 Å². The Balaban J connectivity index is 1.43. The van der Waals surface area contributed by atoms with Crippen molar-refractivity contribution in [3.8, 4) is 0 Å². The third-order valence-electron chi connectivity index (χ3n) is 7.43. The zero-order valence-electron chi connectivity index (χ0n) is 22.4. The van der Waals surface area contributed by atoms with Crippen molar-refractivity contribution >= 4 is 42.6 Å². The summed E-state index contributed by atoms with van der Waals surface area (Å²) in [6, 6.07) is 19.0. The summed E-state index contributed by atoms with van der Waals surface area (Å²) in [6.07, 6.45) is 1.88. The monoisotopic (exact) mass is 595 g/mol. The van der Waals surface area contributed by atoms with Crippen LogP contribution in [0.25, 0.3) is 0 Å². The summed E-state index contributed by atoms with van der Waals surface area (Å²) in [6.45, 7) is 1.75. The number of carbonyl (C=O) groups excluding carboxylic acids is 3. The number of halogens is 1. The van der Waals surface area contributed by atoms with Crippen LogP contribution in [0.4, 0.5) is 5.69 Å². The van der Waals surface area contributed by atoms with Gasteiger partial charge in [-0.25, -0.2) is 0 Å². The molecular weight excluding hydrogens is 565 g/mol. The molecule has 3 aromatic carbocycles. The number of carbonyl (C=O) groups is 3. The van der Waals surface area contributed by atoms with Gasteiger partial charge in [0.25, 0.3) is 11.8 Å². The molecule has 0 atom stereocenters. The molecule has 11 heteroatoms. The fourth-order valence-electron chi connectivity index (χ4n) is 5.23. The molecule has 41 heavy (non-hydrogen) atoms. The van der Waals surface area contributed by atoms with Gasteiger partial charge in [0.05, 0.1) is 12.7 Å². The first-order valence-corrected chi connectivity index (χ1v) is 15.6. The highest BCUT2D eigenvalue weighted by atomic mass is 35.5. The summed E-state index contributed by atoms with van der Waals surface area (Å²) in [5, 5.41) is 0.493. The Hall–Kier alpha value is -3.49. The molecule has 0 aliphatic carbocycles. The summed E-state index contributed by atoms with van der Waals surface area (Å²) in [5.41, 5.74) is 3.84. The predicted molar refractivity (Wildman–Crippen MR) is 156 cm³/mol. The van der Waals surface area contributed by atoms with Gasteiger partial charge < -0.3 is 24.5 Å². The Kier molecular flexibility index (Phi) is 8.61. The minimum Gasteiger partial charge on any atom is -0.339 e. The van der Waals surface area contributed by atoms with Gasteiger partial charge in [-0.2, -0.15) is 0 Å². The van der Waals surface area contributed by atoms with Crippen molar-refractivity contribution in [2.75, 3.05) is 30.7 Å². The lowest BCUT2D eigenvalue weighted by atomic mass is 10.0. The Bertz CT molecular complexity index is 1500.